The second-order valence-corrected chi connectivity index (χ2v) is 4.62. The van der Waals surface area contributed by atoms with Crippen LogP contribution in [0, 0.1) is 6.92 Å². The average molecular weight is 283 g/mol. The number of rotatable bonds is 3. The molecule has 0 aliphatic carbocycles. The van der Waals surface area contributed by atoms with Gasteiger partial charge in [0.1, 0.15) is 5.52 Å². The largest absolute Gasteiger partial charge is 0.280 e. The summed E-state index contributed by atoms with van der Waals surface area (Å²) in [5.74, 6) is 0.250. The molecular weight excluding hydrogens is 270 g/mol. The molecule has 106 valence electrons. The molecule has 2 N–H and O–H groups in total. The maximum absolute atomic E-state index is 12.6. The Morgan fingerprint density at radius 2 is 2.00 bits per heavy atom. The Labute approximate surface area is 119 Å². The van der Waals surface area contributed by atoms with Crippen molar-refractivity contribution < 1.29 is 4.79 Å². The quantitative estimate of drug-likeness (QED) is 0.423. The van der Waals surface area contributed by atoms with Crippen molar-refractivity contribution in [3.8, 4) is 0 Å². The van der Waals surface area contributed by atoms with E-state index in [1.807, 2.05) is 24.3 Å². The number of nitrogens with one attached hydrogen (secondary N) is 2. The Hall–Kier alpha value is -2.96. The lowest BCUT2D eigenvalue weighted by Crippen LogP contribution is -2.28. The fourth-order valence-corrected chi connectivity index (χ4v) is 2.33. The number of benzene rings is 1. The highest BCUT2D eigenvalue weighted by Gasteiger charge is 2.14. The van der Waals surface area contributed by atoms with Gasteiger partial charge >= 0.3 is 0 Å². The Kier molecular flexibility index (Phi) is 3.02. The molecule has 0 fully saturated rings. The third-order valence-electron chi connectivity index (χ3n) is 3.34. The lowest BCUT2D eigenvalue weighted by molar-refractivity contribution is -0.109. The Morgan fingerprint density at radius 3 is 2.76 bits per heavy atom. The van der Waals surface area contributed by atoms with E-state index in [-0.39, 0.29) is 11.5 Å². The lowest BCUT2D eigenvalue weighted by Gasteiger charge is -2.12. The molecule has 7 nitrogen and oxygen atoms in total. The fraction of sp³-hybridized carbons (Fsp3) is 0.143. The van der Waals surface area contributed by atoms with E-state index in [9.17, 15) is 9.59 Å². The normalized spacial score (nSPS) is 10.8. The molecule has 0 atom stereocenters. The first-order chi connectivity index (χ1) is 10.1. The second-order valence-electron chi connectivity index (χ2n) is 4.62. The summed E-state index contributed by atoms with van der Waals surface area (Å²) in [5.41, 5.74) is 6.60. The van der Waals surface area contributed by atoms with Crippen LogP contribution in [0.4, 0.5) is 5.95 Å². The lowest BCUT2D eigenvalue weighted by atomic mass is 10.1. The summed E-state index contributed by atoms with van der Waals surface area (Å²) in [4.78, 5) is 31.9. The van der Waals surface area contributed by atoms with Gasteiger partial charge < -0.3 is 0 Å². The summed E-state index contributed by atoms with van der Waals surface area (Å²) >= 11 is 0. The number of carbonyl (C=O) groups excluding carboxylic acids is 1. The summed E-state index contributed by atoms with van der Waals surface area (Å²) in [5, 5.41) is 1.29. The van der Waals surface area contributed by atoms with Gasteiger partial charge in [-0.05, 0) is 13.0 Å². The predicted octanol–water partition coefficient (Wildman–Crippen LogP) is 0.863. The number of nitrogens with zero attached hydrogens (tertiary/aromatic N) is 3. The molecule has 1 amide bonds. The van der Waals surface area contributed by atoms with Gasteiger partial charge in [0.05, 0.1) is 16.6 Å². The summed E-state index contributed by atoms with van der Waals surface area (Å²) in [6, 6.07) is 7.45. The number of fused-ring (bicyclic) bond motifs is 3. The zero-order valence-corrected chi connectivity index (χ0v) is 11.5. The number of hydrogen-bond donors (Lipinski definition) is 2. The van der Waals surface area contributed by atoms with Gasteiger partial charge in [-0.3, -0.25) is 30.0 Å². The highest BCUT2D eigenvalue weighted by molar-refractivity contribution is 6.04. The highest BCUT2D eigenvalue weighted by Crippen LogP contribution is 2.22. The van der Waals surface area contributed by atoms with Crippen molar-refractivity contribution >= 4 is 34.2 Å². The van der Waals surface area contributed by atoms with Gasteiger partial charge in [0.25, 0.3) is 5.56 Å². The molecule has 1 aromatic carbocycles. The maximum atomic E-state index is 12.6. The first-order valence-corrected chi connectivity index (χ1v) is 6.34. The molecule has 0 bridgehead atoms. The van der Waals surface area contributed by atoms with Crippen molar-refractivity contribution in [2.24, 2.45) is 7.05 Å². The molecule has 0 radical (unpaired) electrons. The minimum atomic E-state index is -0.197. The van der Waals surface area contributed by atoms with E-state index in [2.05, 4.69) is 20.8 Å². The van der Waals surface area contributed by atoms with Gasteiger partial charge in [-0.1, -0.05) is 18.2 Å². The molecule has 0 saturated heterocycles. The highest BCUT2D eigenvalue weighted by atomic mass is 16.1. The van der Waals surface area contributed by atoms with Crippen LogP contribution in [0.3, 0.4) is 0 Å². The zero-order valence-electron chi connectivity index (χ0n) is 11.5. The van der Waals surface area contributed by atoms with Crippen molar-refractivity contribution in [2.45, 2.75) is 6.92 Å². The van der Waals surface area contributed by atoms with Gasteiger partial charge in [-0.2, -0.15) is 0 Å². The van der Waals surface area contributed by atoms with Crippen molar-refractivity contribution in [1.82, 2.24) is 20.0 Å². The molecule has 0 spiro atoms. The van der Waals surface area contributed by atoms with Crippen LogP contribution in [0.1, 0.15) is 5.69 Å². The van der Waals surface area contributed by atoms with Gasteiger partial charge in [0.2, 0.25) is 12.4 Å². The van der Waals surface area contributed by atoms with E-state index in [1.165, 1.54) is 4.57 Å². The summed E-state index contributed by atoms with van der Waals surface area (Å²) in [7, 11) is 1.59. The van der Waals surface area contributed by atoms with Crippen LogP contribution < -0.4 is 16.4 Å². The monoisotopic (exact) mass is 283 g/mol. The summed E-state index contributed by atoms with van der Waals surface area (Å²) in [6.07, 6.45) is 0.474. The van der Waals surface area contributed by atoms with Crippen LogP contribution in [0.5, 0.6) is 0 Å². The van der Waals surface area contributed by atoms with E-state index < -0.39 is 0 Å². The standard InChI is InChI=1S/C14H13N5O2/c1-8-12-11(9-5-3-4-6-10(9)16-8)13(21)19(2)14(17-12)18-15-7-20/h3-7H,1-2H3,(H,15,20)(H,17,18). The number of carbonyl (C=O) groups is 1. The zero-order chi connectivity index (χ0) is 15.0. The van der Waals surface area contributed by atoms with Gasteiger partial charge in [0, 0.05) is 12.4 Å². The first-order valence-electron chi connectivity index (χ1n) is 6.34. The number of anilines is 1. The molecule has 0 aliphatic heterocycles. The maximum Gasteiger partial charge on any atom is 0.263 e. The van der Waals surface area contributed by atoms with Crippen molar-refractivity contribution in [3.63, 3.8) is 0 Å². The number of aromatic nitrogens is 3. The SMILES string of the molecule is Cc1nc2ccccc2c2c(=O)n(C)c(NNC=O)nc12. The Bertz CT molecular complexity index is 917. The van der Waals surface area contributed by atoms with Crippen LogP contribution in [0.2, 0.25) is 0 Å². The number of hydrogen-bond acceptors (Lipinski definition) is 5. The third kappa shape index (κ3) is 1.99. The van der Waals surface area contributed by atoms with E-state index in [1.54, 1.807) is 14.0 Å². The Balaban J connectivity index is 2.44. The molecule has 21 heavy (non-hydrogen) atoms. The molecule has 0 saturated carbocycles. The van der Waals surface area contributed by atoms with Crippen molar-refractivity contribution in [3.05, 3.63) is 40.3 Å². The molecule has 0 aliphatic rings. The van der Waals surface area contributed by atoms with Crippen LogP contribution in [-0.4, -0.2) is 20.9 Å². The molecule has 3 aromatic rings. The van der Waals surface area contributed by atoms with Gasteiger partial charge in [-0.25, -0.2) is 4.98 Å². The number of amides is 1. The summed E-state index contributed by atoms with van der Waals surface area (Å²) < 4.78 is 1.35. The number of pyridine rings is 1. The van der Waals surface area contributed by atoms with Crippen molar-refractivity contribution in [1.29, 1.82) is 0 Å². The van der Waals surface area contributed by atoms with Crippen LogP contribution >= 0.6 is 0 Å². The fourth-order valence-electron chi connectivity index (χ4n) is 2.33. The van der Waals surface area contributed by atoms with E-state index >= 15 is 0 Å². The molecule has 2 aromatic heterocycles. The molecule has 7 heteroatoms. The number of hydrazine groups is 1. The van der Waals surface area contributed by atoms with Gasteiger partial charge in [-0.15, -0.1) is 0 Å². The van der Waals surface area contributed by atoms with Crippen LogP contribution in [-0.2, 0) is 11.8 Å². The number of aryl methyl sites for hydroxylation is 1. The Morgan fingerprint density at radius 1 is 1.24 bits per heavy atom. The second kappa shape index (κ2) is 4.86. The topological polar surface area (TPSA) is 88.9 Å². The van der Waals surface area contributed by atoms with Gasteiger partial charge in [0.15, 0.2) is 0 Å². The van der Waals surface area contributed by atoms with E-state index in [0.29, 0.717) is 23.0 Å². The molecular formula is C14H13N5O2. The van der Waals surface area contributed by atoms with E-state index in [0.717, 1.165) is 10.9 Å². The average Bonchev–Trinajstić information content (AvgIpc) is 2.49. The first kappa shape index (κ1) is 13.0. The molecule has 0 unspecified atom stereocenters. The molecule has 2 heterocycles. The van der Waals surface area contributed by atoms with E-state index in [4.69, 9.17) is 0 Å². The minimum Gasteiger partial charge on any atom is -0.280 e. The third-order valence-corrected chi connectivity index (χ3v) is 3.34. The number of para-hydroxylation sites is 1. The summed E-state index contributed by atoms with van der Waals surface area (Å²) in [6.45, 7) is 1.80. The minimum absolute atomic E-state index is 0.197. The van der Waals surface area contributed by atoms with Crippen LogP contribution in [0.25, 0.3) is 21.8 Å². The van der Waals surface area contributed by atoms with Crippen molar-refractivity contribution in [2.75, 3.05) is 5.43 Å². The molecule has 3 rings (SSSR count). The smallest absolute Gasteiger partial charge is 0.263 e. The van der Waals surface area contributed by atoms with Crippen LogP contribution in [0.15, 0.2) is 29.1 Å². The predicted molar refractivity (Wildman–Crippen MR) is 79.8 cm³/mol.